The van der Waals surface area contributed by atoms with Crippen LogP contribution in [0.5, 0.6) is 11.5 Å². The van der Waals surface area contributed by atoms with Crippen molar-refractivity contribution in [2.45, 2.75) is 0 Å². The smallest absolute Gasteiger partial charge is 0.255 e. The standard InChI is InChI=1S/C17H13FN4O3/c18-13-3-2-11(8-12(13)16-19-9-20-22-16)21-17(23)10-1-4-14-15(7-10)25-6-5-24-14/h1-4,7-9H,5-6H2,(H,21,23)(H,19,20,22). The fourth-order valence-electron chi connectivity index (χ4n) is 2.51. The second kappa shape index (κ2) is 6.23. The summed E-state index contributed by atoms with van der Waals surface area (Å²) in [5, 5.41) is 9.03. The normalized spacial score (nSPS) is 12.7. The number of amides is 1. The van der Waals surface area contributed by atoms with E-state index >= 15 is 0 Å². The van der Waals surface area contributed by atoms with Crippen molar-refractivity contribution in [3.63, 3.8) is 0 Å². The summed E-state index contributed by atoms with van der Waals surface area (Å²) in [6.45, 7) is 0.926. The Morgan fingerprint density at radius 2 is 1.96 bits per heavy atom. The number of hydrogen-bond acceptors (Lipinski definition) is 5. The van der Waals surface area contributed by atoms with Crippen LogP contribution in [0.4, 0.5) is 10.1 Å². The highest BCUT2D eigenvalue weighted by molar-refractivity contribution is 6.04. The van der Waals surface area contributed by atoms with Crippen LogP contribution in [0, 0.1) is 5.82 Å². The molecule has 2 heterocycles. The van der Waals surface area contributed by atoms with Gasteiger partial charge in [0, 0.05) is 11.3 Å². The summed E-state index contributed by atoms with van der Waals surface area (Å²) in [5.74, 6) is 0.617. The molecule has 25 heavy (non-hydrogen) atoms. The number of ether oxygens (including phenoxy) is 2. The maximum absolute atomic E-state index is 14.0. The molecule has 1 aliphatic heterocycles. The van der Waals surface area contributed by atoms with Crippen LogP contribution < -0.4 is 14.8 Å². The Kier molecular flexibility index (Phi) is 3.77. The van der Waals surface area contributed by atoms with Gasteiger partial charge in [-0.3, -0.25) is 9.89 Å². The zero-order valence-electron chi connectivity index (χ0n) is 13.0. The third-order valence-electron chi connectivity index (χ3n) is 3.70. The zero-order valence-corrected chi connectivity index (χ0v) is 13.0. The van der Waals surface area contributed by atoms with Gasteiger partial charge in [-0.25, -0.2) is 9.37 Å². The Balaban J connectivity index is 1.58. The van der Waals surface area contributed by atoms with E-state index in [4.69, 9.17) is 9.47 Å². The molecule has 0 aliphatic carbocycles. The number of aromatic nitrogens is 3. The molecular formula is C17H13FN4O3. The maximum atomic E-state index is 14.0. The lowest BCUT2D eigenvalue weighted by Gasteiger charge is -2.18. The summed E-state index contributed by atoms with van der Waals surface area (Å²) in [7, 11) is 0. The monoisotopic (exact) mass is 340 g/mol. The van der Waals surface area contributed by atoms with Crippen LogP contribution in [0.2, 0.25) is 0 Å². The third kappa shape index (κ3) is 3.01. The fourth-order valence-corrected chi connectivity index (χ4v) is 2.51. The molecule has 0 spiro atoms. The van der Waals surface area contributed by atoms with Crippen LogP contribution in [0.1, 0.15) is 10.4 Å². The van der Waals surface area contributed by atoms with E-state index in [1.165, 1.54) is 24.5 Å². The fraction of sp³-hybridized carbons (Fsp3) is 0.118. The van der Waals surface area contributed by atoms with Crippen LogP contribution >= 0.6 is 0 Å². The quantitative estimate of drug-likeness (QED) is 0.765. The van der Waals surface area contributed by atoms with Crippen LogP contribution in [-0.4, -0.2) is 34.3 Å². The van der Waals surface area contributed by atoms with Crippen LogP contribution in [0.15, 0.2) is 42.7 Å². The lowest BCUT2D eigenvalue weighted by atomic mass is 10.1. The molecule has 0 atom stereocenters. The largest absolute Gasteiger partial charge is 0.486 e. The Morgan fingerprint density at radius 1 is 1.12 bits per heavy atom. The average Bonchev–Trinajstić information content (AvgIpc) is 3.17. The number of aromatic amines is 1. The Hall–Kier alpha value is -3.42. The van der Waals surface area contributed by atoms with Crippen LogP contribution in [-0.2, 0) is 0 Å². The molecule has 1 aromatic heterocycles. The molecule has 126 valence electrons. The number of fused-ring (bicyclic) bond motifs is 1. The number of hydrogen-bond donors (Lipinski definition) is 2. The van der Waals surface area contributed by atoms with Gasteiger partial charge < -0.3 is 14.8 Å². The summed E-state index contributed by atoms with van der Waals surface area (Å²) >= 11 is 0. The summed E-state index contributed by atoms with van der Waals surface area (Å²) in [6, 6.07) is 9.18. The lowest BCUT2D eigenvalue weighted by molar-refractivity contribution is 0.102. The number of H-pyrrole nitrogens is 1. The highest BCUT2D eigenvalue weighted by Gasteiger charge is 2.16. The molecule has 0 bridgehead atoms. The van der Waals surface area contributed by atoms with Crippen molar-refractivity contribution in [1.82, 2.24) is 15.2 Å². The lowest BCUT2D eigenvalue weighted by Crippen LogP contribution is -2.17. The Labute approximate surface area is 141 Å². The van der Waals surface area contributed by atoms with Crippen molar-refractivity contribution < 1.29 is 18.7 Å². The van der Waals surface area contributed by atoms with Gasteiger partial charge in [-0.2, -0.15) is 5.10 Å². The number of nitrogens with one attached hydrogen (secondary N) is 2. The summed E-state index contributed by atoms with van der Waals surface area (Å²) in [5.41, 5.74) is 1.07. The zero-order chi connectivity index (χ0) is 17.2. The molecule has 0 radical (unpaired) electrons. The first-order valence-corrected chi connectivity index (χ1v) is 7.57. The van der Waals surface area contributed by atoms with Gasteiger partial charge in [0.1, 0.15) is 25.4 Å². The van der Waals surface area contributed by atoms with Crippen LogP contribution in [0.25, 0.3) is 11.4 Å². The molecule has 0 saturated carbocycles. The van der Waals surface area contributed by atoms with Crippen molar-refractivity contribution in [2.24, 2.45) is 0 Å². The van der Waals surface area contributed by atoms with E-state index in [-0.39, 0.29) is 17.3 Å². The number of anilines is 1. The van der Waals surface area contributed by atoms with E-state index in [9.17, 15) is 9.18 Å². The van der Waals surface area contributed by atoms with Gasteiger partial charge in [-0.05, 0) is 36.4 Å². The maximum Gasteiger partial charge on any atom is 0.255 e. The molecule has 7 nitrogen and oxygen atoms in total. The number of rotatable bonds is 3. The molecule has 0 fully saturated rings. The molecule has 0 saturated heterocycles. The van der Waals surface area contributed by atoms with Crippen LogP contribution in [0.3, 0.4) is 0 Å². The van der Waals surface area contributed by atoms with E-state index < -0.39 is 5.82 Å². The molecule has 0 unspecified atom stereocenters. The molecule has 2 aromatic carbocycles. The molecule has 8 heteroatoms. The second-order valence-corrected chi connectivity index (χ2v) is 5.34. The molecule has 4 rings (SSSR count). The van der Waals surface area contributed by atoms with Crippen molar-refractivity contribution >= 4 is 11.6 Å². The number of benzene rings is 2. The SMILES string of the molecule is O=C(Nc1ccc(F)c(-c2ncn[nH]2)c1)c1ccc2c(c1)OCCO2. The Morgan fingerprint density at radius 3 is 2.76 bits per heavy atom. The predicted molar refractivity (Wildman–Crippen MR) is 87.2 cm³/mol. The van der Waals surface area contributed by atoms with Gasteiger partial charge in [0.2, 0.25) is 0 Å². The average molecular weight is 340 g/mol. The van der Waals surface area contributed by atoms with Crippen molar-refractivity contribution in [3.8, 4) is 22.9 Å². The van der Waals surface area contributed by atoms with E-state index in [2.05, 4.69) is 20.5 Å². The summed E-state index contributed by atoms with van der Waals surface area (Å²) in [6.07, 6.45) is 1.29. The summed E-state index contributed by atoms with van der Waals surface area (Å²) in [4.78, 5) is 16.4. The number of carbonyl (C=O) groups is 1. The van der Waals surface area contributed by atoms with Crippen molar-refractivity contribution in [2.75, 3.05) is 18.5 Å². The number of nitrogens with zero attached hydrogens (tertiary/aromatic N) is 2. The molecule has 3 aromatic rings. The molecule has 2 N–H and O–H groups in total. The van der Waals surface area contributed by atoms with Crippen molar-refractivity contribution in [3.05, 3.63) is 54.1 Å². The van der Waals surface area contributed by atoms with Gasteiger partial charge in [0.15, 0.2) is 17.3 Å². The Bertz CT molecular complexity index is 928. The van der Waals surface area contributed by atoms with E-state index in [1.807, 2.05) is 0 Å². The van der Waals surface area contributed by atoms with Gasteiger partial charge >= 0.3 is 0 Å². The van der Waals surface area contributed by atoms with Gasteiger partial charge in [-0.1, -0.05) is 0 Å². The summed E-state index contributed by atoms with van der Waals surface area (Å²) < 4.78 is 24.9. The third-order valence-corrected chi connectivity index (χ3v) is 3.70. The van der Waals surface area contributed by atoms with Gasteiger partial charge in [0.25, 0.3) is 5.91 Å². The predicted octanol–water partition coefficient (Wildman–Crippen LogP) is 2.63. The van der Waals surface area contributed by atoms with Crippen molar-refractivity contribution in [1.29, 1.82) is 0 Å². The highest BCUT2D eigenvalue weighted by atomic mass is 19.1. The second-order valence-electron chi connectivity index (χ2n) is 5.34. The molecule has 1 aliphatic rings. The minimum absolute atomic E-state index is 0.220. The minimum atomic E-state index is -0.464. The first-order chi connectivity index (χ1) is 12.2. The minimum Gasteiger partial charge on any atom is -0.486 e. The molecular weight excluding hydrogens is 327 g/mol. The first kappa shape index (κ1) is 15.1. The highest BCUT2D eigenvalue weighted by Crippen LogP contribution is 2.31. The van der Waals surface area contributed by atoms with E-state index in [0.29, 0.717) is 36.0 Å². The topological polar surface area (TPSA) is 89.1 Å². The van der Waals surface area contributed by atoms with E-state index in [0.717, 1.165) is 0 Å². The number of carbonyl (C=O) groups excluding carboxylic acids is 1. The van der Waals surface area contributed by atoms with Gasteiger partial charge in [-0.15, -0.1) is 0 Å². The number of halogens is 1. The van der Waals surface area contributed by atoms with E-state index in [1.54, 1.807) is 18.2 Å². The first-order valence-electron chi connectivity index (χ1n) is 7.57. The molecule has 1 amide bonds. The van der Waals surface area contributed by atoms with Gasteiger partial charge in [0.05, 0.1) is 5.56 Å².